The number of nitrogens with zero attached hydrogens (tertiary/aromatic N) is 4. The molecule has 3 aromatic rings. The van der Waals surface area contributed by atoms with Crippen LogP contribution in [0, 0.1) is 6.92 Å². The van der Waals surface area contributed by atoms with E-state index in [1.54, 1.807) is 6.21 Å². The fourth-order valence-electron chi connectivity index (χ4n) is 2.05. The number of para-hydroxylation sites is 1. The number of benzene rings is 2. The summed E-state index contributed by atoms with van der Waals surface area (Å²) in [5.74, 6) is 1.59. The second-order valence-electron chi connectivity index (χ2n) is 5.13. The number of rotatable bonds is 7. The molecular formula is C18H18N4O2. The predicted octanol–water partition coefficient (Wildman–Crippen LogP) is 2.93. The van der Waals surface area contributed by atoms with Crippen molar-refractivity contribution >= 4 is 6.21 Å². The molecule has 24 heavy (non-hydrogen) atoms. The average molecular weight is 322 g/mol. The topological polar surface area (TPSA) is 61.5 Å². The molecule has 0 spiro atoms. The van der Waals surface area contributed by atoms with Crippen LogP contribution in [0.2, 0.25) is 0 Å². The van der Waals surface area contributed by atoms with E-state index in [-0.39, 0.29) is 0 Å². The smallest absolute Gasteiger partial charge is 0.141 e. The first-order valence-electron chi connectivity index (χ1n) is 7.61. The van der Waals surface area contributed by atoms with E-state index >= 15 is 0 Å². The second kappa shape index (κ2) is 7.92. The zero-order valence-corrected chi connectivity index (χ0v) is 13.4. The third kappa shape index (κ3) is 4.42. The van der Waals surface area contributed by atoms with Crippen molar-refractivity contribution in [3.8, 4) is 11.5 Å². The van der Waals surface area contributed by atoms with Crippen molar-refractivity contribution in [2.75, 3.05) is 13.2 Å². The molecule has 0 aliphatic carbocycles. The van der Waals surface area contributed by atoms with Crippen LogP contribution in [-0.4, -0.2) is 34.3 Å². The second-order valence-corrected chi connectivity index (χ2v) is 5.13. The summed E-state index contributed by atoms with van der Waals surface area (Å²) in [5.41, 5.74) is 2.08. The lowest BCUT2D eigenvalue weighted by Gasteiger charge is -2.10. The number of aromatic nitrogens is 3. The molecule has 2 aromatic carbocycles. The predicted molar refractivity (Wildman–Crippen MR) is 91.6 cm³/mol. The number of ether oxygens (including phenoxy) is 2. The highest BCUT2D eigenvalue weighted by molar-refractivity contribution is 5.83. The van der Waals surface area contributed by atoms with Crippen molar-refractivity contribution in [2.45, 2.75) is 6.92 Å². The van der Waals surface area contributed by atoms with Crippen LogP contribution in [0.5, 0.6) is 11.5 Å². The van der Waals surface area contributed by atoms with Gasteiger partial charge in [0.15, 0.2) is 0 Å². The van der Waals surface area contributed by atoms with Gasteiger partial charge in [0.1, 0.15) is 37.4 Å². The molecule has 0 radical (unpaired) electrons. The maximum atomic E-state index is 5.80. The van der Waals surface area contributed by atoms with E-state index in [0.29, 0.717) is 13.2 Å². The molecule has 122 valence electrons. The summed E-state index contributed by atoms with van der Waals surface area (Å²) in [4.78, 5) is 0. The first-order chi connectivity index (χ1) is 11.8. The standard InChI is InChI=1S/C18H18N4O2/c1-15-6-8-17(9-7-15)23-10-11-24-18-5-3-2-4-16(18)12-21-22-13-19-20-14-22/h2-9,12-14H,10-11H2,1H3. The van der Waals surface area contributed by atoms with Crippen molar-refractivity contribution in [2.24, 2.45) is 5.10 Å². The lowest BCUT2D eigenvalue weighted by atomic mass is 10.2. The Kier molecular flexibility index (Phi) is 5.19. The first-order valence-corrected chi connectivity index (χ1v) is 7.61. The highest BCUT2D eigenvalue weighted by Crippen LogP contribution is 2.16. The summed E-state index contributed by atoms with van der Waals surface area (Å²) in [7, 11) is 0. The van der Waals surface area contributed by atoms with Crippen molar-refractivity contribution in [1.82, 2.24) is 14.9 Å². The first kappa shape index (κ1) is 15.7. The Bertz CT molecular complexity index is 783. The fourth-order valence-corrected chi connectivity index (χ4v) is 2.05. The molecule has 0 atom stereocenters. The Labute approximate surface area is 140 Å². The summed E-state index contributed by atoms with van der Waals surface area (Å²) in [5, 5.41) is 11.6. The van der Waals surface area contributed by atoms with Crippen LogP contribution < -0.4 is 9.47 Å². The van der Waals surface area contributed by atoms with Crippen LogP contribution in [0.1, 0.15) is 11.1 Å². The normalized spacial score (nSPS) is 10.9. The van der Waals surface area contributed by atoms with E-state index in [9.17, 15) is 0 Å². The lowest BCUT2D eigenvalue weighted by Crippen LogP contribution is -2.10. The van der Waals surface area contributed by atoms with Gasteiger partial charge >= 0.3 is 0 Å². The third-order valence-electron chi connectivity index (χ3n) is 3.29. The van der Waals surface area contributed by atoms with E-state index in [1.165, 1.54) is 22.9 Å². The number of hydrogen-bond donors (Lipinski definition) is 0. The molecule has 0 fully saturated rings. The molecule has 0 bridgehead atoms. The van der Waals surface area contributed by atoms with Gasteiger partial charge in [-0.25, -0.2) is 4.68 Å². The highest BCUT2D eigenvalue weighted by Gasteiger charge is 2.01. The minimum Gasteiger partial charge on any atom is -0.490 e. The van der Waals surface area contributed by atoms with Gasteiger partial charge in [-0.3, -0.25) is 0 Å². The van der Waals surface area contributed by atoms with E-state index in [1.807, 2.05) is 55.5 Å². The molecule has 3 rings (SSSR count). The van der Waals surface area contributed by atoms with Crippen LogP contribution in [0.3, 0.4) is 0 Å². The summed E-state index contributed by atoms with van der Waals surface area (Å²) in [6.45, 7) is 2.97. The van der Waals surface area contributed by atoms with Crippen molar-refractivity contribution < 1.29 is 9.47 Å². The van der Waals surface area contributed by atoms with Gasteiger partial charge in [-0.2, -0.15) is 5.10 Å². The van der Waals surface area contributed by atoms with E-state index in [0.717, 1.165) is 17.1 Å². The minimum absolute atomic E-state index is 0.450. The molecule has 0 saturated heterocycles. The third-order valence-corrected chi connectivity index (χ3v) is 3.29. The largest absolute Gasteiger partial charge is 0.490 e. The minimum atomic E-state index is 0.450. The highest BCUT2D eigenvalue weighted by atomic mass is 16.5. The van der Waals surface area contributed by atoms with E-state index < -0.39 is 0 Å². The van der Waals surface area contributed by atoms with Gasteiger partial charge in [0.2, 0.25) is 0 Å². The number of aryl methyl sites for hydroxylation is 1. The zero-order valence-electron chi connectivity index (χ0n) is 13.4. The van der Waals surface area contributed by atoms with Crippen LogP contribution in [0.15, 0.2) is 66.3 Å². The van der Waals surface area contributed by atoms with Gasteiger partial charge in [-0.05, 0) is 31.2 Å². The summed E-state index contributed by atoms with van der Waals surface area (Å²) < 4.78 is 13.0. The molecule has 1 aromatic heterocycles. The summed E-state index contributed by atoms with van der Waals surface area (Å²) in [6.07, 6.45) is 4.75. The maximum absolute atomic E-state index is 5.80. The Balaban J connectivity index is 1.54. The lowest BCUT2D eigenvalue weighted by molar-refractivity contribution is 0.217. The van der Waals surface area contributed by atoms with Gasteiger partial charge < -0.3 is 9.47 Å². The van der Waals surface area contributed by atoms with Crippen LogP contribution in [0.4, 0.5) is 0 Å². The van der Waals surface area contributed by atoms with Gasteiger partial charge in [-0.15, -0.1) is 10.2 Å². The van der Waals surface area contributed by atoms with Crippen LogP contribution in [-0.2, 0) is 0 Å². The molecule has 6 nitrogen and oxygen atoms in total. The maximum Gasteiger partial charge on any atom is 0.141 e. The van der Waals surface area contributed by atoms with E-state index in [2.05, 4.69) is 15.3 Å². The Hall–Kier alpha value is -3.15. The van der Waals surface area contributed by atoms with Crippen LogP contribution >= 0.6 is 0 Å². The Morgan fingerprint density at radius 3 is 2.46 bits per heavy atom. The molecule has 0 unspecified atom stereocenters. The molecule has 0 N–H and O–H groups in total. The van der Waals surface area contributed by atoms with Crippen molar-refractivity contribution in [3.63, 3.8) is 0 Å². The molecule has 0 amide bonds. The molecule has 0 aliphatic heterocycles. The Morgan fingerprint density at radius 1 is 0.958 bits per heavy atom. The monoisotopic (exact) mass is 322 g/mol. The molecular weight excluding hydrogens is 304 g/mol. The van der Waals surface area contributed by atoms with Gasteiger partial charge in [-0.1, -0.05) is 29.8 Å². The Morgan fingerprint density at radius 2 is 1.67 bits per heavy atom. The van der Waals surface area contributed by atoms with Gasteiger partial charge in [0, 0.05) is 5.56 Å². The molecule has 1 heterocycles. The molecule has 0 saturated carbocycles. The van der Waals surface area contributed by atoms with Gasteiger partial charge in [0.25, 0.3) is 0 Å². The number of hydrogen-bond acceptors (Lipinski definition) is 5. The molecule has 0 aliphatic rings. The SMILES string of the molecule is Cc1ccc(OCCOc2ccccc2C=Nn2cnnc2)cc1. The van der Waals surface area contributed by atoms with E-state index in [4.69, 9.17) is 9.47 Å². The van der Waals surface area contributed by atoms with Crippen molar-refractivity contribution in [3.05, 3.63) is 72.3 Å². The fraction of sp³-hybridized carbons (Fsp3) is 0.167. The zero-order chi connectivity index (χ0) is 16.6. The van der Waals surface area contributed by atoms with Crippen molar-refractivity contribution in [1.29, 1.82) is 0 Å². The van der Waals surface area contributed by atoms with Gasteiger partial charge in [0.05, 0.1) is 6.21 Å². The summed E-state index contributed by atoms with van der Waals surface area (Å²) in [6, 6.07) is 15.6. The molecule has 6 heteroatoms. The summed E-state index contributed by atoms with van der Waals surface area (Å²) >= 11 is 0. The quantitative estimate of drug-likeness (QED) is 0.496. The van der Waals surface area contributed by atoms with Crippen LogP contribution in [0.25, 0.3) is 0 Å². The average Bonchev–Trinajstić information content (AvgIpc) is 3.13.